The molecular weight excluding hydrogens is 248 g/mol. The first-order chi connectivity index (χ1) is 6.38. The Morgan fingerprint density at radius 1 is 1.21 bits per heavy atom. The highest BCUT2D eigenvalue weighted by Gasteiger charge is 2.20. The van der Waals surface area contributed by atoms with Crippen LogP contribution in [0, 0.1) is 10.1 Å². The fourth-order valence-corrected chi connectivity index (χ4v) is 1.43. The molecule has 0 saturated heterocycles. The van der Waals surface area contributed by atoms with Gasteiger partial charge in [-0.1, -0.05) is 46.9 Å². The molecule has 3 nitrogen and oxygen atoms in total. The molecule has 0 aliphatic carbocycles. The highest BCUT2D eigenvalue weighted by molar-refractivity contribution is 6.67. The van der Waals surface area contributed by atoms with Gasteiger partial charge in [-0.25, -0.2) is 0 Å². The molecule has 0 aliphatic rings. The molecule has 1 rings (SSSR count). The van der Waals surface area contributed by atoms with Gasteiger partial charge in [-0.3, -0.25) is 10.1 Å². The monoisotopic (exact) mass is 253 g/mol. The molecule has 1 aromatic carbocycles. The van der Waals surface area contributed by atoms with E-state index in [0.717, 1.165) is 5.56 Å². The summed E-state index contributed by atoms with van der Waals surface area (Å²) in [6.45, 7) is 0. The van der Waals surface area contributed by atoms with Crippen LogP contribution >= 0.6 is 34.8 Å². The molecular formula is C8H6Cl3NO2. The van der Waals surface area contributed by atoms with Gasteiger partial charge in [-0.2, -0.15) is 0 Å². The van der Waals surface area contributed by atoms with Crippen LogP contribution < -0.4 is 0 Å². The summed E-state index contributed by atoms with van der Waals surface area (Å²) in [4.78, 5) is 9.85. The van der Waals surface area contributed by atoms with Crippen LogP contribution in [0.15, 0.2) is 24.3 Å². The van der Waals surface area contributed by atoms with Crippen molar-refractivity contribution in [3.63, 3.8) is 0 Å². The Bertz CT molecular complexity index is 331. The van der Waals surface area contributed by atoms with E-state index in [1.165, 1.54) is 12.1 Å². The van der Waals surface area contributed by atoms with Gasteiger partial charge in [0.1, 0.15) is 0 Å². The lowest BCUT2D eigenvalue weighted by molar-refractivity contribution is -0.384. The van der Waals surface area contributed by atoms with Gasteiger partial charge in [0, 0.05) is 18.6 Å². The van der Waals surface area contributed by atoms with Crippen LogP contribution in [-0.2, 0) is 6.42 Å². The van der Waals surface area contributed by atoms with Gasteiger partial charge in [-0.05, 0) is 5.56 Å². The number of nitro benzene ring substituents is 1. The number of hydrogen-bond donors (Lipinski definition) is 0. The molecule has 0 aliphatic heterocycles. The molecule has 0 amide bonds. The molecule has 0 radical (unpaired) electrons. The number of rotatable bonds is 2. The molecule has 0 fully saturated rings. The van der Waals surface area contributed by atoms with Crippen molar-refractivity contribution in [1.29, 1.82) is 0 Å². The lowest BCUT2D eigenvalue weighted by Gasteiger charge is -2.09. The zero-order valence-electron chi connectivity index (χ0n) is 6.91. The Morgan fingerprint density at radius 2 is 1.71 bits per heavy atom. The summed E-state index contributed by atoms with van der Waals surface area (Å²) in [6.07, 6.45) is 0.232. The largest absolute Gasteiger partial charge is 0.269 e. The number of nitrogens with zero attached hydrogens (tertiary/aromatic N) is 1. The van der Waals surface area contributed by atoms with E-state index >= 15 is 0 Å². The third kappa shape index (κ3) is 3.70. The SMILES string of the molecule is O=[N+]([O-])c1ccc(CC(Cl)(Cl)Cl)cc1. The van der Waals surface area contributed by atoms with Crippen LogP contribution in [0.4, 0.5) is 5.69 Å². The maximum atomic E-state index is 10.3. The average Bonchev–Trinajstić information content (AvgIpc) is 2.02. The molecule has 76 valence electrons. The van der Waals surface area contributed by atoms with E-state index in [-0.39, 0.29) is 12.1 Å². The van der Waals surface area contributed by atoms with Crippen LogP contribution in [0.5, 0.6) is 0 Å². The Kier molecular flexibility index (Phi) is 3.59. The molecule has 14 heavy (non-hydrogen) atoms. The standard InChI is InChI=1S/C8H6Cl3NO2/c9-8(10,11)5-6-1-3-7(4-2-6)12(13)14/h1-4H,5H2. The fraction of sp³-hybridized carbons (Fsp3) is 0.250. The van der Waals surface area contributed by atoms with Crippen molar-refractivity contribution in [2.24, 2.45) is 0 Å². The summed E-state index contributed by atoms with van der Waals surface area (Å²) in [5.74, 6) is 0. The van der Waals surface area contributed by atoms with E-state index in [1.807, 2.05) is 0 Å². The van der Waals surface area contributed by atoms with Crippen molar-refractivity contribution in [1.82, 2.24) is 0 Å². The van der Waals surface area contributed by atoms with Crippen molar-refractivity contribution in [3.05, 3.63) is 39.9 Å². The summed E-state index contributed by atoms with van der Waals surface area (Å²) in [5, 5.41) is 10.3. The number of halogens is 3. The summed E-state index contributed by atoms with van der Waals surface area (Å²) < 4.78 is -1.36. The molecule has 0 atom stereocenters. The van der Waals surface area contributed by atoms with Gasteiger partial charge in [0.15, 0.2) is 3.79 Å². The molecule has 1 aromatic rings. The van der Waals surface area contributed by atoms with Gasteiger partial charge < -0.3 is 0 Å². The van der Waals surface area contributed by atoms with Crippen molar-refractivity contribution in [2.75, 3.05) is 0 Å². The quantitative estimate of drug-likeness (QED) is 0.460. The molecule has 0 heterocycles. The summed E-state index contributed by atoms with van der Waals surface area (Å²) in [7, 11) is 0. The summed E-state index contributed by atoms with van der Waals surface area (Å²) in [5.41, 5.74) is 0.772. The van der Waals surface area contributed by atoms with Crippen LogP contribution in [0.25, 0.3) is 0 Å². The van der Waals surface area contributed by atoms with Gasteiger partial charge in [0.25, 0.3) is 5.69 Å². The van der Waals surface area contributed by atoms with Crippen molar-refractivity contribution >= 4 is 40.5 Å². The third-order valence-corrected chi connectivity index (χ3v) is 1.95. The first-order valence-corrected chi connectivity index (χ1v) is 4.82. The van der Waals surface area contributed by atoms with Gasteiger partial charge in [-0.15, -0.1) is 0 Å². The summed E-state index contributed by atoms with van der Waals surface area (Å²) in [6, 6.07) is 5.90. The van der Waals surface area contributed by atoms with Crippen LogP contribution in [0.1, 0.15) is 5.56 Å². The Hall–Kier alpha value is -0.510. The average molecular weight is 254 g/mol. The fourth-order valence-electron chi connectivity index (χ4n) is 0.967. The van der Waals surface area contributed by atoms with E-state index in [4.69, 9.17) is 34.8 Å². The van der Waals surface area contributed by atoms with E-state index in [1.54, 1.807) is 12.1 Å². The zero-order chi connectivity index (χ0) is 10.8. The van der Waals surface area contributed by atoms with Crippen molar-refractivity contribution < 1.29 is 4.92 Å². The van der Waals surface area contributed by atoms with E-state index in [0.29, 0.717) is 0 Å². The Balaban J connectivity index is 2.79. The second-order valence-corrected chi connectivity index (χ2v) is 5.23. The first-order valence-electron chi connectivity index (χ1n) is 3.68. The minimum Gasteiger partial charge on any atom is -0.258 e. The number of nitro groups is 1. The van der Waals surface area contributed by atoms with E-state index in [9.17, 15) is 10.1 Å². The maximum Gasteiger partial charge on any atom is 0.269 e. The molecule has 0 aromatic heterocycles. The number of non-ortho nitro benzene ring substituents is 1. The van der Waals surface area contributed by atoms with Crippen LogP contribution in [0.3, 0.4) is 0 Å². The van der Waals surface area contributed by atoms with Crippen molar-refractivity contribution in [3.8, 4) is 0 Å². The smallest absolute Gasteiger partial charge is 0.258 e. The molecule has 0 bridgehead atoms. The Labute approximate surface area is 95.7 Å². The third-order valence-electron chi connectivity index (χ3n) is 1.55. The predicted molar refractivity (Wildman–Crippen MR) is 57.1 cm³/mol. The molecule has 6 heteroatoms. The normalized spacial score (nSPS) is 11.4. The van der Waals surface area contributed by atoms with Crippen molar-refractivity contribution in [2.45, 2.75) is 10.2 Å². The Morgan fingerprint density at radius 3 is 2.07 bits per heavy atom. The minimum atomic E-state index is -1.36. The predicted octanol–water partition coefficient (Wildman–Crippen LogP) is 3.51. The molecule has 0 N–H and O–H groups in total. The van der Waals surface area contributed by atoms with Gasteiger partial charge >= 0.3 is 0 Å². The topological polar surface area (TPSA) is 43.1 Å². The second-order valence-electron chi connectivity index (χ2n) is 2.72. The summed E-state index contributed by atoms with van der Waals surface area (Å²) >= 11 is 16.7. The number of alkyl halides is 3. The zero-order valence-corrected chi connectivity index (χ0v) is 9.18. The molecule has 0 saturated carbocycles. The van der Waals surface area contributed by atoms with Gasteiger partial charge in [0.05, 0.1) is 4.92 Å². The minimum absolute atomic E-state index is 0.0260. The van der Waals surface area contributed by atoms with E-state index in [2.05, 4.69) is 0 Å². The second kappa shape index (κ2) is 4.34. The maximum absolute atomic E-state index is 10.3. The molecule has 0 spiro atoms. The van der Waals surface area contributed by atoms with E-state index < -0.39 is 8.72 Å². The lowest BCUT2D eigenvalue weighted by Crippen LogP contribution is -2.06. The lowest BCUT2D eigenvalue weighted by atomic mass is 10.1. The number of benzene rings is 1. The highest BCUT2D eigenvalue weighted by atomic mass is 35.6. The number of hydrogen-bond acceptors (Lipinski definition) is 2. The van der Waals surface area contributed by atoms with Crippen LogP contribution in [0.2, 0.25) is 0 Å². The highest BCUT2D eigenvalue weighted by Crippen LogP contribution is 2.30. The first kappa shape index (κ1) is 11.6. The molecule has 0 unspecified atom stereocenters. The van der Waals surface area contributed by atoms with Gasteiger partial charge in [0.2, 0.25) is 0 Å². The van der Waals surface area contributed by atoms with Crippen LogP contribution in [-0.4, -0.2) is 8.72 Å².